The lowest BCUT2D eigenvalue weighted by molar-refractivity contribution is 0.0535. The molecule has 6 heteroatoms. The molecule has 5 nitrogen and oxygen atoms in total. The lowest BCUT2D eigenvalue weighted by Crippen LogP contribution is -2.50. The smallest absolute Gasteiger partial charge is 0.254 e. The number of nitrogens with two attached hydrogens (primary N) is 1. The molecule has 2 amide bonds. The number of halogens is 1. The number of carbonyl (C=O) groups excluding carboxylic acids is 2. The highest BCUT2D eigenvalue weighted by Crippen LogP contribution is 2.17. The van der Waals surface area contributed by atoms with E-state index in [1.807, 2.05) is 44.2 Å². The molecule has 0 aromatic heterocycles. The Bertz CT molecular complexity index is 797. The zero-order valence-corrected chi connectivity index (χ0v) is 15.9. The first kappa shape index (κ1) is 19.8. The Hall–Kier alpha value is -2.53. The number of benzene rings is 2. The van der Waals surface area contributed by atoms with E-state index >= 15 is 0 Å². The van der Waals surface area contributed by atoms with Crippen molar-refractivity contribution in [1.29, 1.82) is 0 Å². The topological polar surface area (TPSA) is 66.6 Å². The second-order valence-corrected chi connectivity index (χ2v) is 6.52. The van der Waals surface area contributed by atoms with E-state index in [9.17, 15) is 9.59 Å². The number of nitrogen functional groups attached to an aromatic ring is 1. The number of carbonyl (C=O) groups is 2. The van der Waals surface area contributed by atoms with Gasteiger partial charge in [-0.15, -0.1) is 12.4 Å². The zero-order valence-electron chi connectivity index (χ0n) is 15.1. The maximum absolute atomic E-state index is 12.7. The van der Waals surface area contributed by atoms with Gasteiger partial charge in [0, 0.05) is 43.0 Å². The van der Waals surface area contributed by atoms with Crippen LogP contribution < -0.4 is 5.73 Å². The molecule has 2 N–H and O–H groups in total. The van der Waals surface area contributed by atoms with Crippen molar-refractivity contribution in [2.45, 2.75) is 13.8 Å². The molecule has 1 fully saturated rings. The number of aryl methyl sites for hydroxylation is 2. The van der Waals surface area contributed by atoms with Crippen LogP contribution in [0.25, 0.3) is 0 Å². The van der Waals surface area contributed by atoms with Crippen LogP contribution in [0.5, 0.6) is 0 Å². The van der Waals surface area contributed by atoms with Gasteiger partial charge >= 0.3 is 0 Å². The highest BCUT2D eigenvalue weighted by molar-refractivity contribution is 5.97. The Morgan fingerprint density at radius 1 is 0.846 bits per heavy atom. The summed E-state index contributed by atoms with van der Waals surface area (Å²) in [4.78, 5) is 28.9. The zero-order chi connectivity index (χ0) is 18.0. The van der Waals surface area contributed by atoms with E-state index in [0.717, 1.165) is 11.1 Å². The van der Waals surface area contributed by atoms with Gasteiger partial charge in [-0.25, -0.2) is 0 Å². The maximum atomic E-state index is 12.7. The Kier molecular flexibility index (Phi) is 6.27. The predicted octanol–water partition coefficient (Wildman–Crippen LogP) is 2.91. The molecule has 2 aromatic carbocycles. The second-order valence-electron chi connectivity index (χ2n) is 6.52. The number of hydrogen-bond donors (Lipinski definition) is 1. The minimum absolute atomic E-state index is 0. The number of hydrogen-bond acceptors (Lipinski definition) is 3. The van der Waals surface area contributed by atoms with Crippen LogP contribution in [0.2, 0.25) is 0 Å². The van der Waals surface area contributed by atoms with E-state index in [0.29, 0.717) is 43.0 Å². The van der Waals surface area contributed by atoms with Crippen molar-refractivity contribution in [3.63, 3.8) is 0 Å². The fraction of sp³-hybridized carbons (Fsp3) is 0.300. The van der Waals surface area contributed by atoms with Gasteiger partial charge in [-0.05, 0) is 43.7 Å². The fourth-order valence-electron chi connectivity index (χ4n) is 3.03. The molecule has 2 aromatic rings. The summed E-state index contributed by atoms with van der Waals surface area (Å²) in [5.74, 6) is -0.000491. The van der Waals surface area contributed by atoms with Crippen LogP contribution in [0.15, 0.2) is 42.5 Å². The lowest BCUT2D eigenvalue weighted by atomic mass is 10.1. The van der Waals surface area contributed by atoms with Gasteiger partial charge in [-0.1, -0.05) is 23.8 Å². The summed E-state index contributed by atoms with van der Waals surface area (Å²) in [5, 5.41) is 0. The minimum Gasteiger partial charge on any atom is -0.399 e. The molecule has 0 bridgehead atoms. The van der Waals surface area contributed by atoms with Crippen molar-refractivity contribution in [3.05, 3.63) is 64.7 Å². The summed E-state index contributed by atoms with van der Waals surface area (Å²) in [6, 6.07) is 13.0. The summed E-state index contributed by atoms with van der Waals surface area (Å²) >= 11 is 0. The number of nitrogens with zero attached hydrogens (tertiary/aromatic N) is 2. The van der Waals surface area contributed by atoms with Crippen molar-refractivity contribution >= 4 is 29.9 Å². The van der Waals surface area contributed by atoms with Crippen molar-refractivity contribution in [2.24, 2.45) is 0 Å². The molecule has 0 unspecified atom stereocenters. The number of piperazine rings is 1. The third-order valence-corrected chi connectivity index (χ3v) is 4.64. The number of amides is 2. The molecule has 0 atom stereocenters. The SMILES string of the molecule is Cc1ccc(C(=O)N2CCN(C(=O)c3cc(N)ccc3C)CC2)cc1.Cl. The Morgan fingerprint density at radius 2 is 1.38 bits per heavy atom. The van der Waals surface area contributed by atoms with Crippen LogP contribution >= 0.6 is 12.4 Å². The fourth-order valence-corrected chi connectivity index (χ4v) is 3.03. The summed E-state index contributed by atoms with van der Waals surface area (Å²) < 4.78 is 0. The molecule has 1 aliphatic rings. The number of rotatable bonds is 2. The molecule has 0 radical (unpaired) electrons. The van der Waals surface area contributed by atoms with Gasteiger partial charge in [0.2, 0.25) is 0 Å². The van der Waals surface area contributed by atoms with Crippen LogP contribution in [0.3, 0.4) is 0 Å². The van der Waals surface area contributed by atoms with Crippen molar-refractivity contribution in [3.8, 4) is 0 Å². The molecule has 26 heavy (non-hydrogen) atoms. The average molecular weight is 374 g/mol. The molecule has 0 saturated carbocycles. The van der Waals surface area contributed by atoms with Crippen LogP contribution in [-0.4, -0.2) is 47.8 Å². The first-order chi connectivity index (χ1) is 12.0. The van der Waals surface area contributed by atoms with E-state index < -0.39 is 0 Å². The largest absolute Gasteiger partial charge is 0.399 e. The molecule has 138 valence electrons. The quantitative estimate of drug-likeness (QED) is 0.823. The van der Waals surface area contributed by atoms with Gasteiger partial charge in [0.1, 0.15) is 0 Å². The summed E-state index contributed by atoms with van der Waals surface area (Å²) in [7, 11) is 0. The van der Waals surface area contributed by atoms with E-state index in [4.69, 9.17) is 5.73 Å². The van der Waals surface area contributed by atoms with Gasteiger partial charge in [0.05, 0.1) is 0 Å². The van der Waals surface area contributed by atoms with Crippen LogP contribution in [0, 0.1) is 13.8 Å². The lowest BCUT2D eigenvalue weighted by Gasteiger charge is -2.35. The van der Waals surface area contributed by atoms with E-state index in [2.05, 4.69) is 0 Å². The maximum Gasteiger partial charge on any atom is 0.254 e. The molecule has 0 aliphatic carbocycles. The van der Waals surface area contributed by atoms with Crippen molar-refractivity contribution in [2.75, 3.05) is 31.9 Å². The van der Waals surface area contributed by atoms with Gasteiger partial charge in [-0.2, -0.15) is 0 Å². The molecular weight excluding hydrogens is 350 g/mol. The van der Waals surface area contributed by atoms with Gasteiger partial charge in [-0.3, -0.25) is 9.59 Å². The molecule has 1 saturated heterocycles. The summed E-state index contributed by atoms with van der Waals surface area (Å²) in [5.41, 5.74) is 9.77. The minimum atomic E-state index is -0.0211. The Balaban J connectivity index is 0.00000243. The van der Waals surface area contributed by atoms with E-state index in [1.54, 1.807) is 21.9 Å². The first-order valence-electron chi connectivity index (χ1n) is 8.47. The third kappa shape index (κ3) is 4.17. The normalized spacial score (nSPS) is 13.9. The molecule has 3 rings (SSSR count). The van der Waals surface area contributed by atoms with Gasteiger partial charge < -0.3 is 15.5 Å². The van der Waals surface area contributed by atoms with E-state index in [-0.39, 0.29) is 24.2 Å². The highest BCUT2D eigenvalue weighted by Gasteiger charge is 2.26. The predicted molar refractivity (Wildman–Crippen MR) is 106 cm³/mol. The van der Waals surface area contributed by atoms with Crippen molar-refractivity contribution < 1.29 is 9.59 Å². The highest BCUT2D eigenvalue weighted by atomic mass is 35.5. The summed E-state index contributed by atoms with van der Waals surface area (Å²) in [6.07, 6.45) is 0. The molecule has 0 spiro atoms. The van der Waals surface area contributed by atoms with Crippen LogP contribution in [-0.2, 0) is 0 Å². The molecule has 1 heterocycles. The van der Waals surface area contributed by atoms with Gasteiger partial charge in [0.15, 0.2) is 0 Å². The van der Waals surface area contributed by atoms with Gasteiger partial charge in [0.25, 0.3) is 11.8 Å². The molecule has 1 aliphatic heterocycles. The molecular formula is C20H24ClN3O2. The average Bonchev–Trinajstić information content (AvgIpc) is 2.63. The Morgan fingerprint density at radius 3 is 1.96 bits per heavy atom. The van der Waals surface area contributed by atoms with Crippen molar-refractivity contribution in [1.82, 2.24) is 9.80 Å². The van der Waals surface area contributed by atoms with Crippen LogP contribution in [0.1, 0.15) is 31.8 Å². The monoisotopic (exact) mass is 373 g/mol. The summed E-state index contributed by atoms with van der Waals surface area (Å²) in [6.45, 7) is 6.05. The van der Waals surface area contributed by atoms with Crippen LogP contribution in [0.4, 0.5) is 5.69 Å². The second kappa shape index (κ2) is 8.23. The van der Waals surface area contributed by atoms with E-state index in [1.165, 1.54) is 0 Å². The first-order valence-corrected chi connectivity index (χ1v) is 8.47. The third-order valence-electron chi connectivity index (χ3n) is 4.64. The Labute approximate surface area is 160 Å². The standard InChI is InChI=1S/C20H23N3O2.ClH/c1-14-3-6-16(7-4-14)19(24)22-9-11-23(12-10-22)20(25)18-13-17(21)8-5-15(18)2;/h3-8,13H,9-12,21H2,1-2H3;1H. The number of anilines is 1.